The molecule has 110 valence electrons. The first-order valence-corrected chi connectivity index (χ1v) is 7.82. The van der Waals surface area contributed by atoms with Gasteiger partial charge in [-0.05, 0) is 29.3 Å². The number of sulfonamides is 1. The molecule has 1 aromatic heterocycles. The summed E-state index contributed by atoms with van der Waals surface area (Å²) in [5, 5.41) is 17.2. The van der Waals surface area contributed by atoms with Gasteiger partial charge in [0.05, 0.1) is 4.90 Å². The molecule has 0 amide bonds. The Balaban J connectivity index is 1.99. The molecule has 0 aliphatic rings. The van der Waals surface area contributed by atoms with Crippen molar-refractivity contribution in [3.8, 4) is 6.07 Å². The van der Waals surface area contributed by atoms with Crippen LogP contribution in [0.5, 0.6) is 0 Å². The average Bonchev–Trinajstić information content (AvgIpc) is 2.78. The summed E-state index contributed by atoms with van der Waals surface area (Å²) >= 11 is 0. The van der Waals surface area contributed by atoms with E-state index in [0.29, 0.717) is 18.8 Å². The summed E-state index contributed by atoms with van der Waals surface area (Å²) in [5.41, 5.74) is 2.43. The van der Waals surface area contributed by atoms with Crippen LogP contribution in [0, 0.1) is 11.3 Å². The molecular weight excluding hydrogens is 288 g/mol. The summed E-state index contributed by atoms with van der Waals surface area (Å²) in [4.78, 5) is 0.105. The Morgan fingerprint density at radius 1 is 1.29 bits per heavy atom. The lowest BCUT2D eigenvalue weighted by molar-refractivity contribution is 0.597. The Morgan fingerprint density at radius 3 is 2.62 bits per heavy atom. The molecule has 7 heteroatoms. The molecule has 2 aromatic rings. The molecule has 6 nitrogen and oxygen atoms in total. The number of nitrogens with one attached hydrogen (secondary N) is 1. The fourth-order valence-corrected chi connectivity index (χ4v) is 2.61. The molecule has 0 spiro atoms. The number of nitrogens with zero attached hydrogens (tertiary/aromatic N) is 2. The van der Waals surface area contributed by atoms with Crippen molar-refractivity contribution >= 4 is 10.0 Å². The molecule has 0 fully saturated rings. The fraction of sp³-hybridized carbons (Fsp3) is 0.214. The van der Waals surface area contributed by atoms with Gasteiger partial charge in [0.2, 0.25) is 10.0 Å². The summed E-state index contributed by atoms with van der Waals surface area (Å²) in [6.07, 6.45) is 1.88. The first kappa shape index (κ1) is 15.3. The van der Waals surface area contributed by atoms with Crippen molar-refractivity contribution < 1.29 is 8.42 Å². The smallest absolute Gasteiger partial charge is 0.238 e. The lowest BCUT2D eigenvalue weighted by Gasteiger charge is -2.05. The molecule has 0 bridgehead atoms. The quantitative estimate of drug-likeness (QED) is 0.854. The van der Waals surface area contributed by atoms with E-state index in [-0.39, 0.29) is 4.90 Å². The second kappa shape index (κ2) is 6.10. The number of benzene rings is 1. The van der Waals surface area contributed by atoms with Gasteiger partial charge < -0.3 is 9.88 Å². The maximum atomic E-state index is 11.3. The highest BCUT2D eigenvalue weighted by molar-refractivity contribution is 7.89. The second-order valence-corrected chi connectivity index (χ2v) is 6.31. The van der Waals surface area contributed by atoms with Crippen molar-refractivity contribution in [3.05, 3.63) is 53.3 Å². The summed E-state index contributed by atoms with van der Waals surface area (Å²) < 4.78 is 24.3. The predicted octanol–water partition coefficient (Wildman–Crippen LogP) is 0.834. The van der Waals surface area contributed by atoms with E-state index in [2.05, 4.69) is 11.4 Å². The summed E-state index contributed by atoms with van der Waals surface area (Å²) in [5.74, 6) is 0. The van der Waals surface area contributed by atoms with Crippen LogP contribution in [0.1, 0.15) is 16.8 Å². The Bertz CT molecular complexity index is 788. The van der Waals surface area contributed by atoms with Crippen molar-refractivity contribution in [1.82, 2.24) is 9.88 Å². The highest BCUT2D eigenvalue weighted by Gasteiger charge is 2.08. The Labute approximate surface area is 123 Å². The normalized spacial score (nSPS) is 11.3. The van der Waals surface area contributed by atoms with Gasteiger partial charge in [-0.3, -0.25) is 0 Å². The lowest BCUT2D eigenvalue weighted by Crippen LogP contribution is -2.15. The van der Waals surface area contributed by atoms with Gasteiger partial charge in [0.1, 0.15) is 11.8 Å². The van der Waals surface area contributed by atoms with Gasteiger partial charge in [-0.1, -0.05) is 12.1 Å². The standard InChI is InChI=1S/C14H16N4O2S/c1-18-10-12(5-13(18)7-15)9-17-8-11-3-2-4-14(6-11)21(16,19)20/h2-6,10,17H,8-9H2,1H3,(H2,16,19,20). The molecule has 1 heterocycles. The van der Waals surface area contributed by atoms with E-state index < -0.39 is 10.0 Å². The minimum absolute atomic E-state index is 0.105. The maximum Gasteiger partial charge on any atom is 0.238 e. The van der Waals surface area contributed by atoms with Crippen molar-refractivity contribution in [2.24, 2.45) is 12.2 Å². The Kier molecular flexibility index (Phi) is 4.43. The number of nitrogens with two attached hydrogens (primary N) is 1. The van der Waals surface area contributed by atoms with Gasteiger partial charge in [-0.2, -0.15) is 5.26 Å². The number of nitriles is 1. The minimum atomic E-state index is -3.68. The van der Waals surface area contributed by atoms with E-state index in [1.54, 1.807) is 16.7 Å². The van der Waals surface area contributed by atoms with Gasteiger partial charge in [-0.15, -0.1) is 0 Å². The largest absolute Gasteiger partial charge is 0.342 e. The van der Waals surface area contributed by atoms with Gasteiger partial charge in [0.25, 0.3) is 0 Å². The SMILES string of the molecule is Cn1cc(CNCc2cccc(S(N)(=O)=O)c2)cc1C#N. The third kappa shape index (κ3) is 3.92. The zero-order valence-corrected chi connectivity index (χ0v) is 12.4. The van der Waals surface area contributed by atoms with Crippen molar-refractivity contribution in [2.75, 3.05) is 0 Å². The van der Waals surface area contributed by atoms with E-state index in [1.165, 1.54) is 6.07 Å². The Morgan fingerprint density at radius 2 is 2.00 bits per heavy atom. The van der Waals surface area contributed by atoms with E-state index in [1.807, 2.05) is 25.4 Å². The van der Waals surface area contributed by atoms with Crippen molar-refractivity contribution in [2.45, 2.75) is 18.0 Å². The third-order valence-corrected chi connectivity index (χ3v) is 3.97. The highest BCUT2D eigenvalue weighted by Crippen LogP contribution is 2.10. The fourth-order valence-electron chi connectivity index (χ4n) is 2.02. The number of primary sulfonamides is 1. The predicted molar refractivity (Wildman–Crippen MR) is 78.5 cm³/mol. The van der Waals surface area contributed by atoms with E-state index >= 15 is 0 Å². The van der Waals surface area contributed by atoms with E-state index in [0.717, 1.165) is 11.1 Å². The van der Waals surface area contributed by atoms with Crippen LogP contribution in [0.25, 0.3) is 0 Å². The van der Waals surface area contributed by atoms with E-state index in [9.17, 15) is 8.42 Å². The number of hydrogen-bond donors (Lipinski definition) is 2. The molecule has 0 radical (unpaired) electrons. The Hall–Kier alpha value is -2.14. The van der Waals surface area contributed by atoms with Crippen LogP contribution < -0.4 is 10.5 Å². The zero-order chi connectivity index (χ0) is 15.5. The molecule has 0 aliphatic carbocycles. The van der Waals surface area contributed by atoms with Crippen LogP contribution in [0.4, 0.5) is 0 Å². The summed E-state index contributed by atoms with van der Waals surface area (Å²) in [6.45, 7) is 1.11. The van der Waals surface area contributed by atoms with Crippen LogP contribution in [0.15, 0.2) is 41.4 Å². The molecule has 1 aromatic carbocycles. The first-order chi connectivity index (χ1) is 9.90. The van der Waals surface area contributed by atoms with Crippen LogP contribution in [-0.4, -0.2) is 13.0 Å². The number of aryl methyl sites for hydroxylation is 1. The molecule has 0 saturated carbocycles. The molecule has 2 rings (SSSR count). The number of aromatic nitrogens is 1. The average molecular weight is 304 g/mol. The number of hydrogen-bond acceptors (Lipinski definition) is 4. The minimum Gasteiger partial charge on any atom is -0.342 e. The van der Waals surface area contributed by atoms with Crippen LogP contribution in [0.3, 0.4) is 0 Å². The molecule has 0 saturated heterocycles. The second-order valence-electron chi connectivity index (χ2n) is 4.75. The van der Waals surface area contributed by atoms with Crippen molar-refractivity contribution in [1.29, 1.82) is 5.26 Å². The van der Waals surface area contributed by atoms with Crippen LogP contribution >= 0.6 is 0 Å². The molecule has 0 atom stereocenters. The molecule has 21 heavy (non-hydrogen) atoms. The van der Waals surface area contributed by atoms with Crippen LogP contribution in [0.2, 0.25) is 0 Å². The summed E-state index contributed by atoms with van der Waals surface area (Å²) in [7, 11) is -1.86. The van der Waals surface area contributed by atoms with Gasteiger partial charge in [0.15, 0.2) is 0 Å². The monoisotopic (exact) mass is 304 g/mol. The molecule has 0 aliphatic heterocycles. The highest BCUT2D eigenvalue weighted by atomic mass is 32.2. The number of rotatable bonds is 5. The first-order valence-electron chi connectivity index (χ1n) is 6.28. The van der Waals surface area contributed by atoms with Gasteiger partial charge in [-0.25, -0.2) is 13.6 Å². The zero-order valence-electron chi connectivity index (χ0n) is 11.6. The van der Waals surface area contributed by atoms with Gasteiger partial charge in [0, 0.05) is 26.3 Å². The molecule has 0 unspecified atom stereocenters. The maximum absolute atomic E-state index is 11.3. The molecule has 3 N–H and O–H groups in total. The van der Waals surface area contributed by atoms with Crippen LogP contribution in [-0.2, 0) is 30.2 Å². The van der Waals surface area contributed by atoms with E-state index in [4.69, 9.17) is 10.4 Å². The topological polar surface area (TPSA) is 101 Å². The lowest BCUT2D eigenvalue weighted by atomic mass is 10.2. The van der Waals surface area contributed by atoms with Gasteiger partial charge >= 0.3 is 0 Å². The summed E-state index contributed by atoms with van der Waals surface area (Å²) in [6, 6.07) is 10.4. The third-order valence-electron chi connectivity index (χ3n) is 3.06. The van der Waals surface area contributed by atoms with Crippen molar-refractivity contribution in [3.63, 3.8) is 0 Å². The molecular formula is C14H16N4O2S.